The van der Waals surface area contributed by atoms with Crippen LogP contribution in [0.25, 0.3) is 5.57 Å². The second-order valence-electron chi connectivity index (χ2n) is 8.13. The van der Waals surface area contributed by atoms with Crippen LogP contribution >= 0.6 is 0 Å². The molecule has 4 heteroatoms. The van der Waals surface area contributed by atoms with Crippen LogP contribution < -0.4 is 9.47 Å². The van der Waals surface area contributed by atoms with Crippen molar-refractivity contribution in [2.24, 2.45) is 17.8 Å². The molecule has 4 nitrogen and oxygen atoms in total. The van der Waals surface area contributed by atoms with Crippen molar-refractivity contribution < 1.29 is 19.1 Å². The molecule has 2 bridgehead atoms. The van der Waals surface area contributed by atoms with Gasteiger partial charge in [0.05, 0.1) is 0 Å². The number of hydrogen-bond acceptors (Lipinski definition) is 4. The fourth-order valence-electron chi connectivity index (χ4n) is 5.02. The van der Waals surface area contributed by atoms with Crippen LogP contribution in [-0.4, -0.2) is 11.9 Å². The lowest BCUT2D eigenvalue weighted by molar-refractivity contribution is -0.132. The van der Waals surface area contributed by atoms with E-state index < -0.39 is 0 Å². The molecule has 2 fully saturated rings. The molecule has 0 heterocycles. The predicted molar refractivity (Wildman–Crippen MR) is 112 cm³/mol. The summed E-state index contributed by atoms with van der Waals surface area (Å²) in [6, 6.07) is 15.5. The molecule has 2 aliphatic carbocycles. The Bertz CT molecular complexity index is 888. The predicted octanol–water partition coefficient (Wildman–Crippen LogP) is 5.41. The van der Waals surface area contributed by atoms with Gasteiger partial charge in [0.2, 0.25) is 0 Å². The van der Waals surface area contributed by atoms with Gasteiger partial charge in [-0.1, -0.05) is 36.8 Å². The first-order chi connectivity index (χ1) is 13.9. The number of rotatable bonds is 4. The lowest BCUT2D eigenvalue weighted by Gasteiger charge is -2.26. The number of benzene rings is 2. The molecule has 0 unspecified atom stereocenters. The summed E-state index contributed by atoms with van der Waals surface area (Å²) in [5.74, 6) is 2.42. The number of carbonyl (C=O) groups excluding carboxylic acids is 2. The Morgan fingerprint density at radius 1 is 0.793 bits per heavy atom. The van der Waals surface area contributed by atoms with Crippen molar-refractivity contribution in [3.63, 3.8) is 0 Å². The fourth-order valence-corrected chi connectivity index (χ4v) is 5.02. The Kier molecular flexibility index (Phi) is 5.27. The number of allylic oxidation sites excluding steroid dienone is 1. The van der Waals surface area contributed by atoms with E-state index >= 15 is 0 Å². The second-order valence-corrected chi connectivity index (χ2v) is 8.13. The lowest BCUT2D eigenvalue weighted by atomic mass is 9.79. The second kappa shape index (κ2) is 7.86. The highest BCUT2D eigenvalue weighted by Gasteiger charge is 2.42. The summed E-state index contributed by atoms with van der Waals surface area (Å²) in [6.07, 6.45) is 3.85. The molecule has 0 spiro atoms. The third kappa shape index (κ3) is 3.98. The SMILES string of the molecule is CC(=O)Oc1ccc(C(=C2[C@H]3CC[C@@H](C3)[C@@H]2C)c2ccc(OC(C)=O)cc2)cc1. The smallest absolute Gasteiger partial charge is 0.308 e. The first kappa shape index (κ1) is 19.4. The largest absolute Gasteiger partial charge is 0.427 e. The van der Waals surface area contributed by atoms with Gasteiger partial charge in [-0.15, -0.1) is 0 Å². The van der Waals surface area contributed by atoms with E-state index in [2.05, 4.69) is 6.92 Å². The maximum Gasteiger partial charge on any atom is 0.308 e. The van der Waals surface area contributed by atoms with Crippen molar-refractivity contribution >= 4 is 17.5 Å². The average Bonchev–Trinajstić information content (AvgIpc) is 3.26. The zero-order chi connectivity index (χ0) is 20.5. The number of carbonyl (C=O) groups is 2. The summed E-state index contributed by atoms with van der Waals surface area (Å²) in [5, 5.41) is 0. The van der Waals surface area contributed by atoms with E-state index in [1.54, 1.807) is 0 Å². The van der Waals surface area contributed by atoms with Gasteiger partial charge in [0.15, 0.2) is 0 Å². The van der Waals surface area contributed by atoms with Crippen molar-refractivity contribution in [3.05, 3.63) is 65.2 Å². The monoisotopic (exact) mass is 390 g/mol. The first-order valence-electron chi connectivity index (χ1n) is 10.2. The average molecular weight is 390 g/mol. The van der Waals surface area contributed by atoms with Gasteiger partial charge in [-0.25, -0.2) is 0 Å². The quantitative estimate of drug-likeness (QED) is 0.518. The Morgan fingerprint density at radius 3 is 1.66 bits per heavy atom. The summed E-state index contributed by atoms with van der Waals surface area (Å²) >= 11 is 0. The minimum absolute atomic E-state index is 0.320. The maximum absolute atomic E-state index is 11.2. The molecule has 2 aromatic rings. The Hall–Kier alpha value is -2.88. The first-order valence-corrected chi connectivity index (χ1v) is 10.2. The summed E-state index contributed by atoms with van der Waals surface area (Å²) in [7, 11) is 0. The van der Waals surface area contributed by atoms with Crippen molar-refractivity contribution in [2.45, 2.75) is 40.0 Å². The van der Waals surface area contributed by atoms with Crippen LogP contribution in [0.1, 0.15) is 51.2 Å². The van der Waals surface area contributed by atoms with Gasteiger partial charge >= 0.3 is 11.9 Å². The number of fused-ring (bicyclic) bond motifs is 2. The van der Waals surface area contributed by atoms with E-state index in [0.29, 0.717) is 23.3 Å². The molecule has 4 rings (SSSR count). The molecule has 0 N–H and O–H groups in total. The Balaban J connectivity index is 1.77. The minimum Gasteiger partial charge on any atom is -0.427 e. The van der Waals surface area contributed by atoms with Crippen molar-refractivity contribution in [2.75, 3.05) is 0 Å². The van der Waals surface area contributed by atoms with E-state index in [1.807, 2.05) is 48.5 Å². The van der Waals surface area contributed by atoms with Crippen LogP contribution in [0.2, 0.25) is 0 Å². The number of esters is 2. The summed E-state index contributed by atoms with van der Waals surface area (Å²) in [6.45, 7) is 5.16. The molecule has 2 aliphatic rings. The van der Waals surface area contributed by atoms with Crippen molar-refractivity contribution in [3.8, 4) is 11.5 Å². The highest BCUT2D eigenvalue weighted by molar-refractivity contribution is 5.84. The van der Waals surface area contributed by atoms with Crippen LogP contribution in [0, 0.1) is 17.8 Å². The van der Waals surface area contributed by atoms with Crippen LogP contribution in [-0.2, 0) is 9.59 Å². The number of ether oxygens (including phenoxy) is 2. The molecule has 150 valence electrons. The fraction of sp³-hybridized carbons (Fsp3) is 0.360. The molecular formula is C25H26O4. The molecule has 2 saturated carbocycles. The van der Waals surface area contributed by atoms with Crippen LogP contribution in [0.5, 0.6) is 11.5 Å². The Labute approximate surface area is 171 Å². The van der Waals surface area contributed by atoms with Crippen molar-refractivity contribution in [1.29, 1.82) is 0 Å². The minimum atomic E-state index is -0.320. The topological polar surface area (TPSA) is 52.6 Å². The van der Waals surface area contributed by atoms with Crippen molar-refractivity contribution in [1.82, 2.24) is 0 Å². The van der Waals surface area contributed by atoms with Gasteiger partial charge in [0.1, 0.15) is 11.5 Å². The lowest BCUT2D eigenvalue weighted by Crippen LogP contribution is -2.12. The molecular weight excluding hydrogens is 364 g/mol. The number of hydrogen-bond donors (Lipinski definition) is 0. The van der Waals surface area contributed by atoms with Gasteiger partial charge < -0.3 is 9.47 Å². The summed E-state index contributed by atoms with van der Waals surface area (Å²) in [5.41, 5.74) is 5.03. The van der Waals surface area contributed by atoms with E-state index in [4.69, 9.17) is 9.47 Å². The maximum atomic E-state index is 11.2. The van der Waals surface area contributed by atoms with Crippen LogP contribution in [0.3, 0.4) is 0 Å². The van der Waals surface area contributed by atoms with E-state index in [9.17, 15) is 9.59 Å². The van der Waals surface area contributed by atoms with E-state index in [-0.39, 0.29) is 11.9 Å². The van der Waals surface area contributed by atoms with Gasteiger partial charge in [0, 0.05) is 13.8 Å². The third-order valence-electron chi connectivity index (χ3n) is 6.21. The van der Waals surface area contributed by atoms with E-state index in [1.165, 1.54) is 44.3 Å². The van der Waals surface area contributed by atoms with Gasteiger partial charge in [0.25, 0.3) is 0 Å². The molecule has 0 radical (unpaired) electrons. The third-order valence-corrected chi connectivity index (χ3v) is 6.21. The normalized spacial score (nSPS) is 22.4. The highest BCUT2D eigenvalue weighted by Crippen LogP contribution is 2.55. The molecule has 0 aliphatic heterocycles. The highest BCUT2D eigenvalue weighted by atomic mass is 16.5. The van der Waals surface area contributed by atoms with Gasteiger partial charge in [-0.05, 0) is 78.0 Å². The molecule has 0 amide bonds. The Morgan fingerprint density at radius 2 is 1.28 bits per heavy atom. The van der Waals surface area contributed by atoms with Crippen LogP contribution in [0.15, 0.2) is 54.1 Å². The summed E-state index contributed by atoms with van der Waals surface area (Å²) in [4.78, 5) is 22.5. The molecule has 0 saturated heterocycles. The molecule has 0 aromatic heterocycles. The molecule has 2 aromatic carbocycles. The zero-order valence-corrected chi connectivity index (χ0v) is 17.1. The van der Waals surface area contributed by atoms with E-state index in [0.717, 1.165) is 17.0 Å². The van der Waals surface area contributed by atoms with Gasteiger partial charge in [-0.3, -0.25) is 9.59 Å². The molecule has 29 heavy (non-hydrogen) atoms. The zero-order valence-electron chi connectivity index (χ0n) is 17.1. The molecule has 3 atom stereocenters. The van der Waals surface area contributed by atoms with Gasteiger partial charge in [-0.2, -0.15) is 0 Å². The summed E-state index contributed by atoms with van der Waals surface area (Å²) < 4.78 is 10.4. The van der Waals surface area contributed by atoms with Crippen LogP contribution in [0.4, 0.5) is 0 Å². The standard InChI is InChI=1S/C25H26O4/c1-15-20-4-5-21(14-20)24(15)25(18-6-10-22(11-7-18)28-16(2)26)19-8-12-23(13-9-19)29-17(3)27/h6-13,15,20-21H,4-5,14H2,1-3H3/t15-,20-,21-/m0/s1.